The maximum Gasteiger partial charge on any atom is 0.267 e. The van der Waals surface area contributed by atoms with Crippen molar-refractivity contribution in [3.05, 3.63) is 78.4 Å². The molecule has 1 N–H and O–H groups in total. The Bertz CT molecular complexity index is 1330. The van der Waals surface area contributed by atoms with Crippen LogP contribution in [0.3, 0.4) is 0 Å². The molecule has 4 rings (SSSR count). The van der Waals surface area contributed by atoms with E-state index < -0.39 is 27.9 Å². The third kappa shape index (κ3) is 4.80. The molecule has 1 fully saturated rings. The van der Waals surface area contributed by atoms with Gasteiger partial charge in [-0.1, -0.05) is 42.1 Å². The fourth-order valence-corrected chi connectivity index (χ4v) is 6.43. The number of nitrogens with one attached hydrogen (secondary N) is 1. The molecule has 1 atom stereocenters. The predicted molar refractivity (Wildman–Crippen MR) is 130 cm³/mol. The second-order valence-electron chi connectivity index (χ2n) is 7.78. The van der Waals surface area contributed by atoms with Crippen LogP contribution in [0.15, 0.2) is 87.5 Å². The highest BCUT2D eigenvalue weighted by Crippen LogP contribution is 2.35. The molecule has 7 nitrogen and oxygen atoms in total. The van der Waals surface area contributed by atoms with E-state index in [9.17, 15) is 18.0 Å². The minimum absolute atomic E-state index is 0.0210. The Balaban J connectivity index is 1.59. The lowest BCUT2D eigenvalue weighted by atomic mass is 10.2. The maximum atomic E-state index is 13.4. The standard InChI is InChI=1S/C25H24N2O5S2/c1-17-16-19(12-14-22(17)32-2)34(30,31)27-21(13-15-24(27)28)25(29)26-20-10-6-7-11-23(20)33-18-8-4-3-5-9-18/h3-12,14,16,21H,13,15H2,1-2H3,(H,26,29)/t21-/m1/s1. The summed E-state index contributed by atoms with van der Waals surface area (Å²) in [5, 5.41) is 2.84. The molecule has 0 unspecified atom stereocenters. The Morgan fingerprint density at radius 3 is 2.47 bits per heavy atom. The van der Waals surface area contributed by atoms with Gasteiger partial charge in [-0.05, 0) is 61.4 Å². The van der Waals surface area contributed by atoms with Crippen LogP contribution >= 0.6 is 11.8 Å². The zero-order valence-corrected chi connectivity index (χ0v) is 20.4. The Hall–Kier alpha value is -3.30. The number of aryl methyl sites for hydroxylation is 1. The number of ether oxygens (including phenoxy) is 1. The number of anilines is 1. The second kappa shape index (κ2) is 9.90. The molecule has 1 aliphatic rings. The largest absolute Gasteiger partial charge is 0.496 e. The summed E-state index contributed by atoms with van der Waals surface area (Å²) < 4.78 is 32.6. The molecule has 2 amide bonds. The van der Waals surface area contributed by atoms with Gasteiger partial charge in [0.15, 0.2) is 0 Å². The van der Waals surface area contributed by atoms with Crippen molar-refractivity contribution in [3.8, 4) is 5.75 Å². The van der Waals surface area contributed by atoms with E-state index in [1.807, 2.05) is 42.5 Å². The highest BCUT2D eigenvalue weighted by atomic mass is 32.2. The van der Waals surface area contributed by atoms with Crippen LogP contribution in [0, 0.1) is 6.92 Å². The maximum absolute atomic E-state index is 13.4. The lowest BCUT2D eigenvalue weighted by Crippen LogP contribution is -2.45. The van der Waals surface area contributed by atoms with E-state index in [2.05, 4.69) is 5.32 Å². The van der Waals surface area contributed by atoms with Gasteiger partial charge in [-0.2, -0.15) is 0 Å². The molecule has 0 radical (unpaired) electrons. The van der Waals surface area contributed by atoms with Gasteiger partial charge in [0.25, 0.3) is 10.0 Å². The summed E-state index contributed by atoms with van der Waals surface area (Å²) in [6, 6.07) is 20.2. The number of amides is 2. The van der Waals surface area contributed by atoms with Crippen LogP contribution in [0.25, 0.3) is 0 Å². The zero-order valence-electron chi connectivity index (χ0n) is 18.7. The predicted octanol–water partition coefficient (Wildman–Crippen LogP) is 4.47. The summed E-state index contributed by atoms with van der Waals surface area (Å²) in [5.41, 5.74) is 1.17. The normalized spacial score (nSPS) is 15.9. The molecule has 1 saturated heterocycles. The first-order valence-corrected chi connectivity index (χ1v) is 12.9. The average molecular weight is 497 g/mol. The number of rotatable bonds is 7. The number of sulfonamides is 1. The molecule has 0 bridgehead atoms. The molecule has 1 heterocycles. The van der Waals surface area contributed by atoms with E-state index in [1.165, 1.54) is 37.1 Å². The Labute approximate surface area is 203 Å². The molecule has 0 saturated carbocycles. The Morgan fingerprint density at radius 2 is 1.76 bits per heavy atom. The lowest BCUT2D eigenvalue weighted by Gasteiger charge is -2.24. The highest BCUT2D eigenvalue weighted by molar-refractivity contribution is 7.99. The number of hydrogen-bond donors (Lipinski definition) is 1. The van der Waals surface area contributed by atoms with Crippen LogP contribution in [-0.4, -0.2) is 37.7 Å². The van der Waals surface area contributed by atoms with E-state index in [-0.39, 0.29) is 17.7 Å². The lowest BCUT2D eigenvalue weighted by molar-refractivity contribution is -0.128. The van der Waals surface area contributed by atoms with Crippen molar-refractivity contribution >= 4 is 39.3 Å². The van der Waals surface area contributed by atoms with Crippen molar-refractivity contribution in [2.75, 3.05) is 12.4 Å². The van der Waals surface area contributed by atoms with Crippen molar-refractivity contribution in [3.63, 3.8) is 0 Å². The van der Waals surface area contributed by atoms with E-state index in [4.69, 9.17) is 4.74 Å². The van der Waals surface area contributed by atoms with Gasteiger partial charge in [0, 0.05) is 16.2 Å². The monoisotopic (exact) mass is 496 g/mol. The van der Waals surface area contributed by atoms with Gasteiger partial charge in [-0.15, -0.1) is 0 Å². The van der Waals surface area contributed by atoms with Gasteiger partial charge < -0.3 is 10.1 Å². The average Bonchev–Trinajstić information content (AvgIpc) is 3.23. The summed E-state index contributed by atoms with van der Waals surface area (Å²) in [4.78, 5) is 27.6. The molecule has 1 aliphatic heterocycles. The molecular weight excluding hydrogens is 472 g/mol. The number of carbonyl (C=O) groups is 2. The van der Waals surface area contributed by atoms with Crippen LogP contribution < -0.4 is 10.1 Å². The quantitative estimate of drug-likeness (QED) is 0.519. The number of carbonyl (C=O) groups excluding carboxylic acids is 2. The van der Waals surface area contributed by atoms with Crippen LogP contribution in [-0.2, 0) is 19.6 Å². The van der Waals surface area contributed by atoms with Gasteiger partial charge in [0.05, 0.1) is 17.7 Å². The first-order chi connectivity index (χ1) is 16.3. The second-order valence-corrected chi connectivity index (χ2v) is 10.7. The third-order valence-electron chi connectivity index (χ3n) is 5.50. The van der Waals surface area contributed by atoms with Gasteiger partial charge >= 0.3 is 0 Å². The topological polar surface area (TPSA) is 92.8 Å². The van der Waals surface area contributed by atoms with Crippen molar-refractivity contribution in [1.82, 2.24) is 4.31 Å². The minimum Gasteiger partial charge on any atom is -0.496 e. The third-order valence-corrected chi connectivity index (χ3v) is 8.41. The van der Waals surface area contributed by atoms with Gasteiger partial charge in [-0.25, -0.2) is 12.7 Å². The van der Waals surface area contributed by atoms with E-state index >= 15 is 0 Å². The summed E-state index contributed by atoms with van der Waals surface area (Å²) in [5.74, 6) is -0.602. The van der Waals surface area contributed by atoms with Crippen LogP contribution in [0.2, 0.25) is 0 Å². The molecule has 34 heavy (non-hydrogen) atoms. The molecule has 3 aromatic rings. The smallest absolute Gasteiger partial charge is 0.267 e. The van der Waals surface area contributed by atoms with Gasteiger partial charge in [0.2, 0.25) is 11.8 Å². The summed E-state index contributed by atoms with van der Waals surface area (Å²) in [7, 11) is -2.72. The first kappa shape index (κ1) is 23.8. The number of nitrogens with zero attached hydrogens (tertiary/aromatic N) is 1. The number of benzene rings is 3. The minimum atomic E-state index is -4.22. The summed E-state index contributed by atoms with van der Waals surface area (Å²) >= 11 is 1.48. The van der Waals surface area contributed by atoms with Crippen LogP contribution in [0.4, 0.5) is 5.69 Å². The highest BCUT2D eigenvalue weighted by Gasteiger charge is 2.44. The number of methoxy groups -OCH3 is 1. The number of hydrogen-bond acceptors (Lipinski definition) is 6. The van der Waals surface area contributed by atoms with Gasteiger partial charge in [0.1, 0.15) is 11.8 Å². The van der Waals surface area contributed by atoms with Crippen molar-refractivity contribution in [2.24, 2.45) is 0 Å². The first-order valence-electron chi connectivity index (χ1n) is 10.7. The summed E-state index contributed by atoms with van der Waals surface area (Å²) in [6.45, 7) is 1.72. The van der Waals surface area contributed by atoms with Crippen molar-refractivity contribution in [2.45, 2.75) is 40.5 Å². The Morgan fingerprint density at radius 1 is 1.06 bits per heavy atom. The van der Waals surface area contributed by atoms with Crippen molar-refractivity contribution in [1.29, 1.82) is 0 Å². The van der Waals surface area contributed by atoms with E-state index in [0.29, 0.717) is 17.0 Å². The zero-order chi connectivity index (χ0) is 24.3. The molecule has 3 aromatic carbocycles. The number of para-hydroxylation sites is 1. The van der Waals surface area contributed by atoms with Crippen LogP contribution in [0.1, 0.15) is 18.4 Å². The summed E-state index contributed by atoms with van der Waals surface area (Å²) in [6.07, 6.45) is 0.0971. The molecule has 0 aromatic heterocycles. The SMILES string of the molecule is COc1ccc(S(=O)(=O)N2C(=O)CC[C@@H]2C(=O)Nc2ccccc2Sc2ccccc2)cc1C. The van der Waals surface area contributed by atoms with Gasteiger partial charge in [-0.3, -0.25) is 9.59 Å². The molecule has 176 valence electrons. The van der Waals surface area contributed by atoms with E-state index in [1.54, 1.807) is 19.1 Å². The molecule has 9 heteroatoms. The van der Waals surface area contributed by atoms with Crippen LogP contribution in [0.5, 0.6) is 5.75 Å². The fraction of sp³-hybridized carbons (Fsp3) is 0.200. The van der Waals surface area contributed by atoms with Crippen molar-refractivity contribution < 1.29 is 22.7 Å². The molecule has 0 aliphatic carbocycles. The molecular formula is C25H24N2O5S2. The van der Waals surface area contributed by atoms with E-state index in [0.717, 1.165) is 14.1 Å². The fourth-order valence-electron chi connectivity index (χ4n) is 3.82. The molecule has 0 spiro atoms. The Kier molecular flexibility index (Phi) is 6.95.